The molecular formula is C16H18N2O4S. The Morgan fingerprint density at radius 2 is 1.78 bits per heavy atom. The molecule has 0 aliphatic rings. The SMILES string of the molecule is Cc1ccc(CN(C)S(=O)(=O)c2ccccc2[N+](=O)[O-])c(C)c1. The Morgan fingerprint density at radius 1 is 1.13 bits per heavy atom. The molecule has 6 nitrogen and oxygen atoms in total. The van der Waals surface area contributed by atoms with Crippen LogP contribution in [0.5, 0.6) is 0 Å². The van der Waals surface area contributed by atoms with E-state index in [1.54, 1.807) is 0 Å². The highest BCUT2D eigenvalue weighted by Crippen LogP contribution is 2.26. The molecule has 2 aromatic carbocycles. The number of nitro groups is 1. The molecule has 0 amide bonds. The van der Waals surface area contributed by atoms with Crippen molar-refractivity contribution in [2.45, 2.75) is 25.3 Å². The zero-order valence-electron chi connectivity index (χ0n) is 13.2. The molecule has 0 radical (unpaired) electrons. The van der Waals surface area contributed by atoms with Crippen molar-refractivity contribution in [3.8, 4) is 0 Å². The Morgan fingerprint density at radius 3 is 2.39 bits per heavy atom. The van der Waals surface area contributed by atoms with Crippen LogP contribution >= 0.6 is 0 Å². The summed E-state index contributed by atoms with van der Waals surface area (Å²) in [6.07, 6.45) is 0. The predicted octanol–water partition coefficient (Wildman–Crippen LogP) is 3.03. The number of aryl methyl sites for hydroxylation is 2. The van der Waals surface area contributed by atoms with Gasteiger partial charge < -0.3 is 0 Å². The van der Waals surface area contributed by atoms with Crippen molar-refractivity contribution in [3.63, 3.8) is 0 Å². The van der Waals surface area contributed by atoms with Gasteiger partial charge in [-0.15, -0.1) is 0 Å². The van der Waals surface area contributed by atoms with Gasteiger partial charge in [0, 0.05) is 19.7 Å². The number of sulfonamides is 1. The normalized spacial score (nSPS) is 11.7. The van der Waals surface area contributed by atoms with E-state index in [0.29, 0.717) is 0 Å². The van der Waals surface area contributed by atoms with E-state index in [-0.39, 0.29) is 11.4 Å². The van der Waals surface area contributed by atoms with E-state index < -0.39 is 20.6 Å². The molecule has 0 N–H and O–H groups in total. The standard InChI is InChI=1S/C16H18N2O4S/c1-12-8-9-14(13(2)10-12)11-17(3)23(21,22)16-7-5-4-6-15(16)18(19)20/h4-10H,11H2,1-3H3. The van der Waals surface area contributed by atoms with Crippen molar-refractivity contribution in [1.82, 2.24) is 4.31 Å². The van der Waals surface area contributed by atoms with Gasteiger partial charge >= 0.3 is 0 Å². The number of para-hydroxylation sites is 1. The molecule has 0 fully saturated rings. The fraction of sp³-hybridized carbons (Fsp3) is 0.250. The lowest BCUT2D eigenvalue weighted by Crippen LogP contribution is -2.27. The van der Waals surface area contributed by atoms with Crippen LogP contribution in [0.2, 0.25) is 0 Å². The maximum absolute atomic E-state index is 12.7. The largest absolute Gasteiger partial charge is 0.289 e. The Bertz CT molecular complexity index is 847. The number of hydrogen-bond donors (Lipinski definition) is 0. The smallest absolute Gasteiger partial charge is 0.258 e. The second kappa shape index (κ2) is 6.47. The van der Waals surface area contributed by atoms with Crippen LogP contribution < -0.4 is 0 Å². The molecule has 0 saturated carbocycles. The Hall–Kier alpha value is -2.25. The van der Waals surface area contributed by atoms with Gasteiger partial charge in [0.15, 0.2) is 4.90 Å². The van der Waals surface area contributed by atoms with Gasteiger partial charge in [-0.05, 0) is 31.0 Å². The molecule has 0 aliphatic heterocycles. The van der Waals surface area contributed by atoms with Gasteiger partial charge in [0.1, 0.15) is 0 Å². The van der Waals surface area contributed by atoms with Crippen molar-refractivity contribution < 1.29 is 13.3 Å². The summed E-state index contributed by atoms with van der Waals surface area (Å²) in [5, 5.41) is 11.1. The summed E-state index contributed by atoms with van der Waals surface area (Å²) in [7, 11) is -2.53. The maximum Gasteiger partial charge on any atom is 0.289 e. The fourth-order valence-corrected chi connectivity index (χ4v) is 3.64. The summed E-state index contributed by atoms with van der Waals surface area (Å²) >= 11 is 0. The molecule has 0 unspecified atom stereocenters. The number of rotatable bonds is 5. The van der Waals surface area contributed by atoms with Gasteiger partial charge in [-0.25, -0.2) is 8.42 Å². The van der Waals surface area contributed by atoms with E-state index in [0.717, 1.165) is 21.0 Å². The molecule has 0 aliphatic carbocycles. The molecule has 23 heavy (non-hydrogen) atoms. The zero-order chi connectivity index (χ0) is 17.2. The lowest BCUT2D eigenvalue weighted by Gasteiger charge is -2.18. The van der Waals surface area contributed by atoms with Crippen LogP contribution in [0.25, 0.3) is 0 Å². The van der Waals surface area contributed by atoms with Gasteiger partial charge in [-0.3, -0.25) is 10.1 Å². The molecule has 2 rings (SSSR count). The second-order valence-electron chi connectivity index (χ2n) is 5.42. The highest BCUT2D eigenvalue weighted by Gasteiger charge is 2.29. The van der Waals surface area contributed by atoms with E-state index in [1.807, 2.05) is 32.0 Å². The van der Waals surface area contributed by atoms with Crippen LogP contribution in [0.15, 0.2) is 47.4 Å². The summed E-state index contributed by atoms with van der Waals surface area (Å²) in [4.78, 5) is 10.1. The number of nitro benzene ring substituents is 1. The first kappa shape index (κ1) is 17.1. The van der Waals surface area contributed by atoms with E-state index in [2.05, 4.69) is 0 Å². The number of nitrogens with zero attached hydrogens (tertiary/aromatic N) is 2. The lowest BCUT2D eigenvalue weighted by molar-refractivity contribution is -0.387. The minimum Gasteiger partial charge on any atom is -0.258 e. The van der Waals surface area contributed by atoms with E-state index in [9.17, 15) is 18.5 Å². The number of benzene rings is 2. The van der Waals surface area contributed by atoms with Crippen LogP contribution in [0.4, 0.5) is 5.69 Å². The lowest BCUT2D eigenvalue weighted by atomic mass is 10.1. The first-order valence-corrected chi connectivity index (χ1v) is 8.43. The van der Waals surface area contributed by atoms with Crippen LogP contribution in [0.1, 0.15) is 16.7 Å². The summed E-state index contributed by atoms with van der Waals surface area (Å²) in [5.41, 5.74) is 2.52. The van der Waals surface area contributed by atoms with Gasteiger partial charge in [0.2, 0.25) is 10.0 Å². The number of hydrogen-bond acceptors (Lipinski definition) is 4. The van der Waals surface area contributed by atoms with Crippen molar-refractivity contribution in [2.75, 3.05) is 7.05 Å². The summed E-state index contributed by atoms with van der Waals surface area (Å²) in [6.45, 7) is 4.03. The van der Waals surface area contributed by atoms with Crippen molar-refractivity contribution in [3.05, 3.63) is 69.3 Å². The highest BCUT2D eigenvalue weighted by molar-refractivity contribution is 7.89. The summed E-state index contributed by atoms with van der Waals surface area (Å²) in [6, 6.07) is 11.1. The molecule has 0 heterocycles. The first-order chi connectivity index (χ1) is 10.7. The van der Waals surface area contributed by atoms with Gasteiger partial charge in [-0.2, -0.15) is 4.31 Å². The zero-order valence-corrected chi connectivity index (χ0v) is 14.0. The Labute approximate surface area is 135 Å². The molecule has 0 atom stereocenters. The third-order valence-electron chi connectivity index (χ3n) is 3.64. The first-order valence-electron chi connectivity index (χ1n) is 6.99. The highest BCUT2D eigenvalue weighted by atomic mass is 32.2. The topological polar surface area (TPSA) is 80.5 Å². The second-order valence-corrected chi connectivity index (χ2v) is 7.43. The van der Waals surface area contributed by atoms with Gasteiger partial charge in [-0.1, -0.05) is 35.9 Å². The van der Waals surface area contributed by atoms with Gasteiger partial charge in [0.05, 0.1) is 4.92 Å². The molecule has 0 saturated heterocycles. The third kappa shape index (κ3) is 3.57. The monoisotopic (exact) mass is 334 g/mol. The molecule has 7 heteroatoms. The molecular weight excluding hydrogens is 316 g/mol. The van der Waals surface area contributed by atoms with E-state index in [4.69, 9.17) is 0 Å². The van der Waals surface area contributed by atoms with Gasteiger partial charge in [0.25, 0.3) is 5.69 Å². The maximum atomic E-state index is 12.7. The van der Waals surface area contributed by atoms with E-state index in [1.165, 1.54) is 31.3 Å². The molecule has 0 spiro atoms. The van der Waals surface area contributed by atoms with Crippen LogP contribution in [0, 0.1) is 24.0 Å². The molecule has 2 aromatic rings. The molecule has 0 aromatic heterocycles. The minimum absolute atomic E-state index is 0.153. The Balaban J connectivity index is 2.38. The van der Waals surface area contributed by atoms with Crippen LogP contribution in [0.3, 0.4) is 0 Å². The fourth-order valence-electron chi connectivity index (χ4n) is 2.34. The molecule has 0 bridgehead atoms. The van der Waals surface area contributed by atoms with Crippen molar-refractivity contribution >= 4 is 15.7 Å². The Kier molecular flexibility index (Phi) is 4.82. The summed E-state index contributed by atoms with van der Waals surface area (Å²) in [5.74, 6) is 0. The van der Waals surface area contributed by atoms with Crippen LogP contribution in [-0.4, -0.2) is 24.7 Å². The van der Waals surface area contributed by atoms with Crippen molar-refractivity contribution in [1.29, 1.82) is 0 Å². The van der Waals surface area contributed by atoms with Crippen molar-refractivity contribution in [2.24, 2.45) is 0 Å². The summed E-state index contributed by atoms with van der Waals surface area (Å²) < 4.78 is 26.5. The van der Waals surface area contributed by atoms with E-state index >= 15 is 0 Å². The predicted molar refractivity (Wildman–Crippen MR) is 87.7 cm³/mol. The average molecular weight is 334 g/mol. The quantitative estimate of drug-likeness (QED) is 0.622. The van der Waals surface area contributed by atoms with Crippen LogP contribution in [-0.2, 0) is 16.6 Å². The minimum atomic E-state index is -3.95. The molecule has 122 valence electrons. The average Bonchev–Trinajstić information content (AvgIpc) is 2.49. The third-order valence-corrected chi connectivity index (χ3v) is 5.49.